The number of benzene rings is 2. The SMILES string of the molecule is CC(=O)N(CN1C(=O)c2ccc([N+](=O)[O-])cc2C1=O)c1ccccc1C(=O)[O-]. The van der Waals surface area contributed by atoms with E-state index in [-0.39, 0.29) is 28.1 Å². The molecule has 0 radical (unpaired) electrons. The smallest absolute Gasteiger partial charge is 0.270 e. The first-order valence-corrected chi connectivity index (χ1v) is 7.95. The Labute approximate surface area is 157 Å². The molecule has 0 aliphatic carbocycles. The summed E-state index contributed by atoms with van der Waals surface area (Å²) >= 11 is 0. The van der Waals surface area contributed by atoms with Crippen molar-refractivity contribution < 1.29 is 29.2 Å². The van der Waals surface area contributed by atoms with Gasteiger partial charge in [-0.1, -0.05) is 18.2 Å². The number of imide groups is 1. The molecule has 0 atom stereocenters. The number of nitrogens with zero attached hydrogens (tertiary/aromatic N) is 3. The Hall–Kier alpha value is -4.08. The third kappa shape index (κ3) is 3.07. The zero-order chi connectivity index (χ0) is 20.6. The number of carbonyl (C=O) groups excluding carboxylic acids is 4. The normalized spacial score (nSPS) is 12.7. The molecule has 10 nitrogen and oxygen atoms in total. The van der Waals surface area contributed by atoms with Crippen LogP contribution in [0.1, 0.15) is 38.0 Å². The number of rotatable bonds is 5. The molecule has 0 saturated carbocycles. The van der Waals surface area contributed by atoms with Crippen LogP contribution in [0.25, 0.3) is 0 Å². The molecular weight excluding hydrogens is 370 g/mol. The highest BCUT2D eigenvalue weighted by Gasteiger charge is 2.38. The van der Waals surface area contributed by atoms with Crippen LogP contribution >= 0.6 is 0 Å². The maximum Gasteiger partial charge on any atom is 0.270 e. The molecular formula is C18H12N3O7-. The summed E-state index contributed by atoms with van der Waals surface area (Å²) in [7, 11) is 0. The molecule has 2 aromatic rings. The highest BCUT2D eigenvalue weighted by atomic mass is 16.6. The number of nitro benzene ring substituents is 1. The molecule has 3 amide bonds. The van der Waals surface area contributed by atoms with Gasteiger partial charge in [-0.05, 0) is 12.1 Å². The topological polar surface area (TPSA) is 141 Å². The number of amides is 3. The third-order valence-corrected chi connectivity index (χ3v) is 4.24. The lowest BCUT2D eigenvalue weighted by Gasteiger charge is -2.28. The van der Waals surface area contributed by atoms with Gasteiger partial charge in [-0.25, -0.2) is 0 Å². The van der Waals surface area contributed by atoms with E-state index in [4.69, 9.17) is 0 Å². The second-order valence-corrected chi connectivity index (χ2v) is 5.92. The van der Waals surface area contributed by atoms with Crippen molar-refractivity contribution in [2.45, 2.75) is 6.92 Å². The molecule has 10 heteroatoms. The lowest BCUT2D eigenvalue weighted by atomic mass is 10.1. The van der Waals surface area contributed by atoms with Gasteiger partial charge in [0.05, 0.1) is 27.7 Å². The van der Waals surface area contributed by atoms with Crippen LogP contribution in [0.5, 0.6) is 0 Å². The van der Waals surface area contributed by atoms with Gasteiger partial charge >= 0.3 is 0 Å². The van der Waals surface area contributed by atoms with Crippen molar-refractivity contribution in [3.8, 4) is 0 Å². The molecule has 2 aromatic carbocycles. The van der Waals surface area contributed by atoms with Crippen LogP contribution in [0.2, 0.25) is 0 Å². The average molecular weight is 382 g/mol. The predicted octanol–water partition coefficient (Wildman–Crippen LogP) is 0.565. The summed E-state index contributed by atoms with van der Waals surface area (Å²) in [6.07, 6.45) is 0. The molecule has 0 saturated heterocycles. The van der Waals surface area contributed by atoms with Gasteiger partial charge in [0.2, 0.25) is 5.91 Å². The summed E-state index contributed by atoms with van der Waals surface area (Å²) < 4.78 is 0. The number of fused-ring (bicyclic) bond motifs is 1. The minimum atomic E-state index is -1.53. The van der Waals surface area contributed by atoms with E-state index < -0.39 is 35.3 Å². The molecule has 0 bridgehead atoms. The third-order valence-electron chi connectivity index (χ3n) is 4.24. The number of carboxylic acid groups (broad SMARTS) is 1. The largest absolute Gasteiger partial charge is 0.545 e. The molecule has 1 heterocycles. The Bertz CT molecular complexity index is 1050. The monoisotopic (exact) mass is 382 g/mol. The van der Waals surface area contributed by atoms with E-state index in [0.717, 1.165) is 28.9 Å². The Morgan fingerprint density at radius 2 is 1.71 bits per heavy atom. The molecule has 0 unspecified atom stereocenters. The average Bonchev–Trinajstić information content (AvgIpc) is 2.89. The fraction of sp³-hybridized carbons (Fsp3) is 0.111. The predicted molar refractivity (Wildman–Crippen MR) is 92.4 cm³/mol. The van der Waals surface area contributed by atoms with Crippen molar-refractivity contribution in [1.82, 2.24) is 4.90 Å². The molecule has 0 spiro atoms. The number of nitro groups is 1. The number of carbonyl (C=O) groups is 4. The van der Waals surface area contributed by atoms with E-state index in [0.29, 0.717) is 0 Å². The first-order chi connectivity index (χ1) is 13.2. The van der Waals surface area contributed by atoms with Crippen molar-refractivity contribution in [2.24, 2.45) is 0 Å². The lowest BCUT2D eigenvalue weighted by Crippen LogP contribution is -2.44. The second-order valence-electron chi connectivity index (χ2n) is 5.92. The summed E-state index contributed by atoms with van der Waals surface area (Å²) in [5, 5.41) is 22.2. The molecule has 1 aliphatic rings. The van der Waals surface area contributed by atoms with E-state index in [1.165, 1.54) is 30.3 Å². The Kier molecular flexibility index (Phi) is 4.62. The Balaban J connectivity index is 1.99. The van der Waals surface area contributed by atoms with Gasteiger partial charge < -0.3 is 9.90 Å². The van der Waals surface area contributed by atoms with Crippen LogP contribution in [0.4, 0.5) is 11.4 Å². The van der Waals surface area contributed by atoms with E-state index in [9.17, 15) is 34.4 Å². The van der Waals surface area contributed by atoms with Crippen LogP contribution in [0.15, 0.2) is 42.5 Å². The molecule has 0 N–H and O–H groups in total. The number of aromatic carboxylic acids is 1. The number of hydrogen-bond donors (Lipinski definition) is 0. The van der Waals surface area contributed by atoms with Crippen LogP contribution in [-0.4, -0.2) is 40.2 Å². The van der Waals surface area contributed by atoms with Crippen LogP contribution in [0.3, 0.4) is 0 Å². The van der Waals surface area contributed by atoms with Crippen molar-refractivity contribution >= 4 is 35.1 Å². The zero-order valence-corrected chi connectivity index (χ0v) is 14.4. The molecule has 3 rings (SSSR count). The quantitative estimate of drug-likeness (QED) is 0.418. The first-order valence-electron chi connectivity index (χ1n) is 7.95. The van der Waals surface area contributed by atoms with Crippen molar-refractivity contribution in [1.29, 1.82) is 0 Å². The van der Waals surface area contributed by atoms with Gasteiger partial charge in [0.25, 0.3) is 17.5 Å². The maximum atomic E-state index is 12.6. The number of para-hydroxylation sites is 1. The van der Waals surface area contributed by atoms with Gasteiger partial charge in [-0.15, -0.1) is 0 Å². The molecule has 0 aromatic heterocycles. The van der Waals surface area contributed by atoms with E-state index >= 15 is 0 Å². The number of non-ortho nitro benzene ring substituents is 1. The molecule has 1 aliphatic heterocycles. The summed E-state index contributed by atoms with van der Waals surface area (Å²) in [6.45, 7) is 0.592. The van der Waals surface area contributed by atoms with Crippen LogP contribution in [-0.2, 0) is 4.79 Å². The standard InChI is InChI=1S/C18H13N3O7/c1-10(22)19(15-5-3-2-4-13(15)18(25)26)9-20-16(23)12-7-6-11(21(27)28)8-14(12)17(20)24/h2-8H,9H2,1H3,(H,25,26)/p-1. The lowest BCUT2D eigenvalue weighted by molar-refractivity contribution is -0.384. The summed E-state index contributed by atoms with van der Waals surface area (Å²) in [6, 6.07) is 8.75. The van der Waals surface area contributed by atoms with Crippen molar-refractivity contribution in [2.75, 3.05) is 11.6 Å². The maximum absolute atomic E-state index is 12.6. The van der Waals surface area contributed by atoms with Crippen LogP contribution in [0, 0.1) is 10.1 Å². The van der Waals surface area contributed by atoms with E-state index in [1.807, 2.05) is 0 Å². The number of anilines is 1. The number of hydrogen-bond acceptors (Lipinski definition) is 7. The Morgan fingerprint density at radius 1 is 1.07 bits per heavy atom. The van der Waals surface area contributed by atoms with Gasteiger partial charge in [0, 0.05) is 24.6 Å². The summed E-state index contributed by atoms with van der Waals surface area (Å²) in [5.41, 5.74) is -0.877. The molecule has 0 fully saturated rings. The van der Waals surface area contributed by atoms with Gasteiger partial charge in [0.15, 0.2) is 0 Å². The van der Waals surface area contributed by atoms with Crippen molar-refractivity contribution in [3.05, 3.63) is 69.3 Å². The number of carboxylic acids is 1. The van der Waals surface area contributed by atoms with E-state index in [2.05, 4.69) is 0 Å². The van der Waals surface area contributed by atoms with Gasteiger partial charge in [0.1, 0.15) is 6.67 Å². The summed E-state index contributed by atoms with van der Waals surface area (Å²) in [5.74, 6) is -3.70. The minimum absolute atomic E-state index is 0.0349. The van der Waals surface area contributed by atoms with Gasteiger partial charge in [-0.3, -0.25) is 34.3 Å². The molecule has 142 valence electrons. The Morgan fingerprint density at radius 3 is 2.32 bits per heavy atom. The fourth-order valence-corrected chi connectivity index (χ4v) is 2.89. The minimum Gasteiger partial charge on any atom is -0.545 e. The summed E-state index contributed by atoms with van der Waals surface area (Å²) in [4.78, 5) is 60.5. The highest BCUT2D eigenvalue weighted by molar-refractivity contribution is 6.22. The second kappa shape index (κ2) is 6.91. The zero-order valence-electron chi connectivity index (χ0n) is 14.4. The van der Waals surface area contributed by atoms with E-state index in [1.54, 1.807) is 0 Å². The van der Waals surface area contributed by atoms with Crippen LogP contribution < -0.4 is 10.0 Å². The molecule has 28 heavy (non-hydrogen) atoms. The first kappa shape index (κ1) is 18.7. The highest BCUT2D eigenvalue weighted by Crippen LogP contribution is 2.28. The van der Waals surface area contributed by atoms with Gasteiger partial charge in [-0.2, -0.15) is 0 Å². The van der Waals surface area contributed by atoms with Crippen molar-refractivity contribution in [3.63, 3.8) is 0 Å². The fourth-order valence-electron chi connectivity index (χ4n) is 2.89.